The Labute approximate surface area is 49.4 Å². The fraction of sp³-hybridized carbons (Fsp3) is 1.00. The van der Waals surface area contributed by atoms with Crippen LogP contribution in [-0.4, -0.2) is 26.7 Å². The van der Waals surface area contributed by atoms with E-state index in [4.69, 9.17) is 0 Å². The van der Waals surface area contributed by atoms with Gasteiger partial charge in [0.05, 0.1) is 0 Å². The Hall–Kier alpha value is -0.170. The zero-order valence-corrected chi connectivity index (χ0v) is 6.61. The summed E-state index contributed by atoms with van der Waals surface area (Å²) in [6.07, 6.45) is 0. The van der Waals surface area contributed by atoms with Gasteiger partial charge in [-0.1, -0.05) is 0 Å². The van der Waals surface area contributed by atoms with E-state index in [1.807, 2.05) is 26.7 Å². The van der Waals surface area contributed by atoms with Gasteiger partial charge in [0, 0.05) is 0 Å². The van der Waals surface area contributed by atoms with Crippen molar-refractivity contribution in [2.75, 3.05) is 26.7 Å². The van der Waals surface area contributed by atoms with Gasteiger partial charge in [-0.25, -0.2) is 0 Å². The summed E-state index contributed by atoms with van der Waals surface area (Å²) >= 11 is 0. The molecule has 0 saturated carbocycles. The summed E-state index contributed by atoms with van der Waals surface area (Å²) in [4.78, 5) is 9.59. The molecule has 0 spiro atoms. The third-order valence-electron chi connectivity index (χ3n) is 0.360. The minimum atomic E-state index is -2.08. The van der Waals surface area contributed by atoms with Gasteiger partial charge >= 0.3 is 48.4 Å². The van der Waals surface area contributed by atoms with Gasteiger partial charge in [-0.3, -0.25) is 0 Å². The van der Waals surface area contributed by atoms with E-state index in [0.29, 0.717) is 0 Å². The molecule has 0 aromatic carbocycles. The Morgan fingerprint density at radius 2 is 1.62 bits per heavy atom. The van der Waals surface area contributed by atoms with Crippen LogP contribution in [0.3, 0.4) is 0 Å². The molecule has 0 bridgehead atoms. The van der Waals surface area contributed by atoms with Gasteiger partial charge in [0.15, 0.2) is 0 Å². The molecule has 0 N–H and O–H groups in total. The topological polar surface area (TPSA) is 38.7 Å². The molecule has 8 heavy (non-hydrogen) atoms. The van der Waals surface area contributed by atoms with E-state index in [1.165, 1.54) is 0 Å². The van der Waals surface area contributed by atoms with Crippen LogP contribution in [0.25, 0.3) is 0 Å². The molecular formula is C4H12NO2P. The van der Waals surface area contributed by atoms with Crippen molar-refractivity contribution in [2.45, 2.75) is 0 Å². The van der Waals surface area contributed by atoms with Crippen LogP contribution in [0.5, 0.6) is 0 Å². The molecule has 0 aliphatic rings. The van der Waals surface area contributed by atoms with Gasteiger partial charge in [-0.05, 0) is 0 Å². The van der Waals surface area contributed by atoms with Gasteiger partial charge < -0.3 is 0 Å². The van der Waals surface area contributed by atoms with Crippen LogP contribution in [0, 0.1) is 4.91 Å². The number of hydrogen-bond acceptors (Lipinski definition) is 3. The van der Waals surface area contributed by atoms with E-state index in [2.05, 4.69) is 9.96 Å². The van der Waals surface area contributed by atoms with Gasteiger partial charge in [0.1, 0.15) is 0 Å². The Balaban J connectivity index is 3.91. The van der Waals surface area contributed by atoms with Crippen LogP contribution in [0.1, 0.15) is 0 Å². The van der Waals surface area contributed by atoms with Gasteiger partial charge in [-0.2, -0.15) is 0 Å². The average Bonchev–Trinajstić information content (AvgIpc) is 1.25. The first-order chi connectivity index (χ1) is 3.31. The molecule has 0 atom stereocenters. The summed E-state index contributed by atoms with van der Waals surface area (Å²) in [5.41, 5.74) is 0. The fourth-order valence-corrected chi connectivity index (χ4v) is 0.400. The van der Waals surface area contributed by atoms with E-state index in [0.717, 1.165) is 0 Å². The maximum atomic E-state index is 9.59. The molecule has 0 aliphatic carbocycles. The van der Waals surface area contributed by atoms with Crippen molar-refractivity contribution in [3.05, 3.63) is 4.91 Å². The molecule has 0 aliphatic heterocycles. The first-order valence-corrected chi connectivity index (χ1v) is 6.28. The second-order valence-electron chi connectivity index (χ2n) is 3.57. The van der Waals surface area contributed by atoms with Crippen LogP contribution in [0.2, 0.25) is 0 Å². The fourth-order valence-electron chi connectivity index (χ4n) is 0.133. The molecule has 0 heterocycles. The van der Waals surface area contributed by atoms with Crippen LogP contribution in [0.15, 0.2) is 5.34 Å². The molecule has 0 rings (SSSR count). The molecule has 0 radical (unpaired) electrons. The first kappa shape index (κ1) is 7.83. The number of hydrogen-bond donors (Lipinski definition) is 0. The van der Waals surface area contributed by atoms with Crippen molar-refractivity contribution in [1.82, 2.24) is 0 Å². The number of nitrogens with zero attached hydrogens (tertiary/aromatic N) is 1. The summed E-state index contributed by atoms with van der Waals surface area (Å²) in [5.74, 6) is 0. The van der Waals surface area contributed by atoms with Crippen molar-refractivity contribution in [2.24, 2.45) is 5.34 Å². The molecule has 0 saturated heterocycles. The third-order valence-corrected chi connectivity index (χ3v) is 1.08. The van der Waals surface area contributed by atoms with Crippen LogP contribution >= 0.6 is 6.83 Å². The molecule has 0 fully saturated rings. The Kier molecular flexibility index (Phi) is 1.62. The van der Waals surface area contributed by atoms with E-state index in [9.17, 15) is 4.91 Å². The molecule has 0 aromatic heterocycles. The molecule has 3 nitrogen and oxygen atoms in total. The Bertz CT molecular complexity index is 95.1. The molecule has 0 amide bonds. The number of rotatable bonds is 2. The van der Waals surface area contributed by atoms with Crippen molar-refractivity contribution >= 4 is 6.83 Å². The second kappa shape index (κ2) is 1.66. The average molecular weight is 137 g/mol. The molecule has 0 unspecified atom stereocenters. The predicted molar refractivity (Wildman–Crippen MR) is 37.5 cm³/mol. The van der Waals surface area contributed by atoms with E-state index in [-0.39, 0.29) is 0 Å². The summed E-state index contributed by atoms with van der Waals surface area (Å²) in [7, 11) is 0. The monoisotopic (exact) mass is 137 g/mol. The molecular weight excluding hydrogens is 125 g/mol. The predicted octanol–water partition coefficient (Wildman–Crippen LogP) is 1.67. The van der Waals surface area contributed by atoms with Crippen molar-refractivity contribution in [3.8, 4) is 0 Å². The van der Waals surface area contributed by atoms with Gasteiger partial charge in [-0.15, -0.1) is 0 Å². The SMILES string of the molecule is CP(C)(C)(C)ON=O. The quantitative estimate of drug-likeness (QED) is 0.330. The van der Waals surface area contributed by atoms with Crippen molar-refractivity contribution in [3.63, 3.8) is 0 Å². The Morgan fingerprint density at radius 1 is 1.25 bits per heavy atom. The van der Waals surface area contributed by atoms with Crippen LogP contribution < -0.4 is 0 Å². The maximum absolute atomic E-state index is 9.59. The summed E-state index contributed by atoms with van der Waals surface area (Å²) in [5, 5.41) is 2.39. The summed E-state index contributed by atoms with van der Waals surface area (Å²) in [6.45, 7) is 5.55. The second-order valence-corrected chi connectivity index (χ2v) is 10.6. The minimum absolute atomic E-state index is 1.91. The zero-order chi connectivity index (χ0) is 6.86. The van der Waals surface area contributed by atoms with E-state index in [1.54, 1.807) is 0 Å². The molecule has 50 valence electrons. The first-order valence-electron chi connectivity index (χ1n) is 2.34. The van der Waals surface area contributed by atoms with E-state index >= 15 is 0 Å². The summed E-state index contributed by atoms with van der Waals surface area (Å²) in [6, 6.07) is 0. The molecule has 4 heteroatoms. The third kappa shape index (κ3) is 5.83. The zero-order valence-electron chi connectivity index (χ0n) is 5.71. The van der Waals surface area contributed by atoms with E-state index < -0.39 is 6.83 Å². The van der Waals surface area contributed by atoms with Crippen LogP contribution in [-0.2, 0) is 4.62 Å². The summed E-state index contributed by atoms with van der Waals surface area (Å²) < 4.78 is 4.62. The normalized spacial score (nSPS) is 16.2. The van der Waals surface area contributed by atoms with Gasteiger partial charge in [0.2, 0.25) is 0 Å². The standard InChI is InChI=1S/C4H12NO2P/c1-8(2,3,4)7-5-6/h1-4H3. The van der Waals surface area contributed by atoms with Crippen LogP contribution in [0.4, 0.5) is 0 Å². The van der Waals surface area contributed by atoms with Crippen molar-refractivity contribution < 1.29 is 4.62 Å². The Morgan fingerprint density at radius 3 is 1.62 bits per heavy atom. The van der Waals surface area contributed by atoms with Gasteiger partial charge in [0.25, 0.3) is 0 Å². The molecule has 0 aromatic rings. The van der Waals surface area contributed by atoms with Crippen molar-refractivity contribution in [1.29, 1.82) is 0 Å².